The first-order valence-corrected chi connectivity index (χ1v) is 10.4. The minimum Gasteiger partial charge on any atom is -0.339 e. The largest absolute Gasteiger partial charge is 0.339 e. The summed E-state index contributed by atoms with van der Waals surface area (Å²) in [5.74, 6) is 1.66. The number of hydrogen-bond acceptors (Lipinski definition) is 2. The molecule has 0 atom stereocenters. The molecule has 0 unspecified atom stereocenters. The third kappa shape index (κ3) is 4.11. The van der Waals surface area contributed by atoms with Gasteiger partial charge in [0.1, 0.15) is 0 Å². The molecular formula is C24H28N2O2. The summed E-state index contributed by atoms with van der Waals surface area (Å²) in [5.41, 5.74) is 1.57. The molecule has 0 spiro atoms. The molecule has 0 radical (unpaired) electrons. The Morgan fingerprint density at radius 2 is 0.893 bits per heavy atom. The van der Waals surface area contributed by atoms with Crippen molar-refractivity contribution in [3.8, 4) is 0 Å². The van der Waals surface area contributed by atoms with E-state index in [1.807, 2.05) is 70.5 Å². The highest BCUT2D eigenvalue weighted by molar-refractivity contribution is 5.94. The molecule has 2 fully saturated rings. The molecule has 2 aromatic rings. The summed E-state index contributed by atoms with van der Waals surface area (Å²) in [6.07, 6.45) is 4.32. The Kier molecular flexibility index (Phi) is 5.75. The molecule has 4 heteroatoms. The minimum atomic E-state index is 0.155. The Hall–Kier alpha value is -2.62. The van der Waals surface area contributed by atoms with Crippen molar-refractivity contribution in [2.75, 3.05) is 26.2 Å². The monoisotopic (exact) mass is 376 g/mol. The molecule has 2 saturated heterocycles. The molecule has 2 aliphatic heterocycles. The zero-order valence-corrected chi connectivity index (χ0v) is 16.3. The molecule has 2 aromatic carbocycles. The van der Waals surface area contributed by atoms with Crippen molar-refractivity contribution in [1.82, 2.24) is 9.80 Å². The average molecular weight is 377 g/mol. The number of piperidine rings is 2. The lowest BCUT2D eigenvalue weighted by Crippen LogP contribution is -2.44. The van der Waals surface area contributed by atoms with Crippen LogP contribution < -0.4 is 0 Å². The summed E-state index contributed by atoms with van der Waals surface area (Å²) in [6.45, 7) is 3.40. The van der Waals surface area contributed by atoms with E-state index in [4.69, 9.17) is 0 Å². The van der Waals surface area contributed by atoms with Crippen LogP contribution in [-0.4, -0.2) is 47.8 Å². The van der Waals surface area contributed by atoms with Crippen molar-refractivity contribution in [2.45, 2.75) is 25.7 Å². The smallest absolute Gasteiger partial charge is 0.253 e. The molecule has 4 rings (SSSR count). The molecule has 28 heavy (non-hydrogen) atoms. The van der Waals surface area contributed by atoms with E-state index < -0.39 is 0 Å². The molecular weight excluding hydrogens is 348 g/mol. The number of carbonyl (C=O) groups excluding carboxylic acids is 2. The highest BCUT2D eigenvalue weighted by Crippen LogP contribution is 2.33. The van der Waals surface area contributed by atoms with Gasteiger partial charge >= 0.3 is 0 Å². The molecule has 4 nitrogen and oxygen atoms in total. The molecule has 0 bridgehead atoms. The Labute approximate surface area is 167 Å². The number of likely N-dealkylation sites (tertiary alicyclic amines) is 2. The molecule has 0 aromatic heterocycles. The average Bonchev–Trinajstić information content (AvgIpc) is 2.79. The predicted molar refractivity (Wildman–Crippen MR) is 110 cm³/mol. The van der Waals surface area contributed by atoms with Gasteiger partial charge in [-0.15, -0.1) is 0 Å². The first-order chi connectivity index (χ1) is 13.7. The van der Waals surface area contributed by atoms with Gasteiger partial charge in [0.15, 0.2) is 0 Å². The Morgan fingerprint density at radius 3 is 1.21 bits per heavy atom. The number of benzene rings is 2. The van der Waals surface area contributed by atoms with Crippen molar-refractivity contribution in [2.24, 2.45) is 11.8 Å². The van der Waals surface area contributed by atoms with Crippen LogP contribution in [0.5, 0.6) is 0 Å². The van der Waals surface area contributed by atoms with Gasteiger partial charge in [0.05, 0.1) is 0 Å². The number of amides is 2. The molecule has 2 aliphatic rings. The van der Waals surface area contributed by atoms with Crippen LogP contribution in [-0.2, 0) is 0 Å². The van der Waals surface area contributed by atoms with E-state index in [2.05, 4.69) is 0 Å². The van der Waals surface area contributed by atoms with Gasteiger partial charge < -0.3 is 9.80 Å². The SMILES string of the molecule is O=C(c1ccccc1)N1CCC(C2CCN(C(=O)c3ccccc3)CC2)CC1. The fourth-order valence-electron chi connectivity index (χ4n) is 4.67. The van der Waals surface area contributed by atoms with E-state index in [0.717, 1.165) is 63.0 Å². The Balaban J connectivity index is 1.26. The standard InChI is InChI=1S/C24H28N2O2/c27-23(21-7-3-1-4-8-21)25-15-11-19(12-16-25)20-13-17-26(18-14-20)24(28)22-9-5-2-6-10-22/h1-10,19-20H,11-18H2. The van der Waals surface area contributed by atoms with Crippen molar-refractivity contribution >= 4 is 11.8 Å². The number of hydrogen-bond donors (Lipinski definition) is 0. The lowest BCUT2D eigenvalue weighted by molar-refractivity contribution is 0.0537. The number of carbonyl (C=O) groups is 2. The van der Waals surface area contributed by atoms with Gasteiger partial charge in [-0.1, -0.05) is 36.4 Å². The fourth-order valence-corrected chi connectivity index (χ4v) is 4.67. The maximum absolute atomic E-state index is 12.6. The van der Waals surface area contributed by atoms with Crippen molar-refractivity contribution in [3.05, 3.63) is 71.8 Å². The zero-order valence-electron chi connectivity index (χ0n) is 16.3. The van der Waals surface area contributed by atoms with Gasteiger partial charge in [0.2, 0.25) is 0 Å². The first-order valence-electron chi connectivity index (χ1n) is 10.4. The highest BCUT2D eigenvalue weighted by atomic mass is 16.2. The van der Waals surface area contributed by atoms with E-state index in [1.165, 1.54) is 0 Å². The van der Waals surface area contributed by atoms with Gasteiger partial charge in [0, 0.05) is 37.3 Å². The molecule has 2 heterocycles. The fraction of sp³-hybridized carbons (Fsp3) is 0.417. The van der Waals surface area contributed by atoms with Crippen molar-refractivity contribution in [1.29, 1.82) is 0 Å². The molecule has 0 saturated carbocycles. The Bertz CT molecular complexity index is 720. The van der Waals surface area contributed by atoms with E-state index >= 15 is 0 Å². The normalized spacial score (nSPS) is 18.9. The maximum Gasteiger partial charge on any atom is 0.253 e. The van der Waals surface area contributed by atoms with Gasteiger partial charge in [-0.2, -0.15) is 0 Å². The summed E-state index contributed by atoms with van der Waals surface area (Å²) in [5, 5.41) is 0. The van der Waals surface area contributed by atoms with Crippen LogP contribution in [0.1, 0.15) is 46.4 Å². The van der Waals surface area contributed by atoms with E-state index in [1.54, 1.807) is 0 Å². The highest BCUT2D eigenvalue weighted by Gasteiger charge is 2.32. The molecule has 146 valence electrons. The summed E-state index contributed by atoms with van der Waals surface area (Å²) in [7, 11) is 0. The summed E-state index contributed by atoms with van der Waals surface area (Å²) in [6, 6.07) is 19.2. The third-order valence-corrected chi connectivity index (χ3v) is 6.36. The van der Waals surface area contributed by atoms with Gasteiger partial charge in [-0.25, -0.2) is 0 Å². The predicted octanol–water partition coefficient (Wildman–Crippen LogP) is 4.09. The molecule has 0 N–H and O–H groups in total. The Morgan fingerprint density at radius 1 is 0.571 bits per heavy atom. The first kappa shape index (κ1) is 18.7. The van der Waals surface area contributed by atoms with E-state index in [9.17, 15) is 9.59 Å². The van der Waals surface area contributed by atoms with Gasteiger partial charge in [0.25, 0.3) is 11.8 Å². The van der Waals surface area contributed by atoms with E-state index in [-0.39, 0.29) is 11.8 Å². The lowest BCUT2D eigenvalue weighted by atomic mass is 9.78. The topological polar surface area (TPSA) is 40.6 Å². The van der Waals surface area contributed by atoms with E-state index in [0.29, 0.717) is 11.8 Å². The second-order valence-corrected chi connectivity index (χ2v) is 7.99. The van der Waals surface area contributed by atoms with Gasteiger partial charge in [-0.3, -0.25) is 9.59 Å². The van der Waals surface area contributed by atoms with Crippen LogP contribution in [0.15, 0.2) is 60.7 Å². The zero-order chi connectivity index (χ0) is 19.3. The number of nitrogens with zero attached hydrogens (tertiary/aromatic N) is 2. The minimum absolute atomic E-state index is 0.155. The summed E-state index contributed by atoms with van der Waals surface area (Å²) in [4.78, 5) is 29.2. The van der Waals surface area contributed by atoms with Crippen LogP contribution in [0.25, 0.3) is 0 Å². The van der Waals surface area contributed by atoms with Crippen LogP contribution in [0.3, 0.4) is 0 Å². The van der Waals surface area contributed by atoms with Gasteiger partial charge in [-0.05, 0) is 61.8 Å². The van der Waals surface area contributed by atoms with Crippen LogP contribution in [0.2, 0.25) is 0 Å². The van der Waals surface area contributed by atoms with Crippen molar-refractivity contribution < 1.29 is 9.59 Å². The van der Waals surface area contributed by atoms with Crippen molar-refractivity contribution in [3.63, 3.8) is 0 Å². The van der Waals surface area contributed by atoms with Crippen LogP contribution in [0.4, 0.5) is 0 Å². The summed E-state index contributed by atoms with van der Waals surface area (Å²) < 4.78 is 0. The third-order valence-electron chi connectivity index (χ3n) is 6.36. The lowest BCUT2D eigenvalue weighted by Gasteiger charge is -2.40. The number of rotatable bonds is 3. The summed E-state index contributed by atoms with van der Waals surface area (Å²) >= 11 is 0. The van der Waals surface area contributed by atoms with Crippen LogP contribution >= 0.6 is 0 Å². The maximum atomic E-state index is 12.6. The molecule has 0 aliphatic carbocycles. The van der Waals surface area contributed by atoms with Crippen LogP contribution in [0, 0.1) is 11.8 Å². The quantitative estimate of drug-likeness (QED) is 0.809. The second-order valence-electron chi connectivity index (χ2n) is 7.99. The molecule has 2 amide bonds. The second kappa shape index (κ2) is 8.59.